The Balaban J connectivity index is 2.40. The van der Waals surface area contributed by atoms with Crippen LogP contribution < -0.4 is 5.32 Å². The first kappa shape index (κ1) is 10.7. The smallest absolute Gasteiger partial charge is 0.0635 e. The Bertz CT molecular complexity index is 303. The third kappa shape index (κ3) is 3.47. The monoisotopic (exact) mass is 258 g/mol. The highest BCUT2D eigenvalue weighted by Crippen LogP contribution is 2.25. The van der Waals surface area contributed by atoms with E-state index in [-0.39, 0.29) is 0 Å². The second-order valence-electron chi connectivity index (χ2n) is 2.75. The van der Waals surface area contributed by atoms with E-state index in [1.807, 2.05) is 0 Å². The standard InChI is InChI=1S/C9H11BrN2S/c1-7(12-4-2-3-11)9-5-8(10)6-13-9/h5-7,12H,2,4H2,1H3. The number of nitrogens with zero attached hydrogens (tertiary/aromatic N) is 1. The summed E-state index contributed by atoms with van der Waals surface area (Å²) in [6.07, 6.45) is 0.566. The van der Waals surface area contributed by atoms with Crippen LogP contribution in [-0.2, 0) is 0 Å². The lowest BCUT2D eigenvalue weighted by Gasteiger charge is -2.09. The van der Waals surface area contributed by atoms with Crippen LogP contribution in [0, 0.1) is 11.3 Å². The fourth-order valence-electron chi connectivity index (χ4n) is 1.00. The van der Waals surface area contributed by atoms with E-state index in [9.17, 15) is 0 Å². The molecule has 0 aliphatic rings. The molecule has 0 aliphatic carbocycles. The number of hydrogen-bond acceptors (Lipinski definition) is 3. The van der Waals surface area contributed by atoms with Gasteiger partial charge in [-0.3, -0.25) is 0 Å². The summed E-state index contributed by atoms with van der Waals surface area (Å²) in [5, 5.41) is 13.7. The van der Waals surface area contributed by atoms with E-state index >= 15 is 0 Å². The third-order valence-electron chi connectivity index (χ3n) is 1.70. The second-order valence-corrected chi connectivity index (χ2v) is 4.61. The number of rotatable bonds is 4. The van der Waals surface area contributed by atoms with Gasteiger partial charge in [-0.15, -0.1) is 11.3 Å². The molecular weight excluding hydrogens is 248 g/mol. The predicted octanol–water partition coefficient (Wildman–Crippen LogP) is 3.07. The van der Waals surface area contributed by atoms with E-state index < -0.39 is 0 Å². The lowest BCUT2D eigenvalue weighted by atomic mass is 10.2. The number of nitrogens with one attached hydrogen (secondary N) is 1. The molecule has 1 aromatic heterocycles. The average molecular weight is 259 g/mol. The van der Waals surface area contributed by atoms with Gasteiger partial charge in [-0.1, -0.05) is 0 Å². The quantitative estimate of drug-likeness (QED) is 0.843. The van der Waals surface area contributed by atoms with Crippen molar-refractivity contribution in [3.05, 3.63) is 20.8 Å². The van der Waals surface area contributed by atoms with Gasteiger partial charge in [0, 0.05) is 33.7 Å². The van der Waals surface area contributed by atoms with Gasteiger partial charge in [0.15, 0.2) is 0 Å². The average Bonchev–Trinajstić information content (AvgIpc) is 2.52. The molecule has 0 spiro atoms. The molecule has 0 bridgehead atoms. The maximum Gasteiger partial charge on any atom is 0.0635 e. The van der Waals surface area contributed by atoms with Crippen molar-refractivity contribution >= 4 is 27.3 Å². The van der Waals surface area contributed by atoms with Crippen LogP contribution in [0.4, 0.5) is 0 Å². The summed E-state index contributed by atoms with van der Waals surface area (Å²) in [7, 11) is 0. The Morgan fingerprint density at radius 1 is 1.77 bits per heavy atom. The largest absolute Gasteiger partial charge is 0.308 e. The predicted molar refractivity (Wildman–Crippen MR) is 58.7 cm³/mol. The highest BCUT2D eigenvalue weighted by molar-refractivity contribution is 9.10. The van der Waals surface area contributed by atoms with Crippen LogP contribution in [0.25, 0.3) is 0 Å². The molecule has 0 saturated carbocycles. The molecule has 0 saturated heterocycles. The van der Waals surface area contributed by atoms with Crippen molar-refractivity contribution in [3.8, 4) is 6.07 Å². The van der Waals surface area contributed by atoms with Crippen LogP contribution in [0.1, 0.15) is 24.3 Å². The van der Waals surface area contributed by atoms with Crippen LogP contribution >= 0.6 is 27.3 Å². The fourth-order valence-corrected chi connectivity index (χ4v) is 2.48. The first-order valence-electron chi connectivity index (χ1n) is 4.08. The third-order valence-corrected chi connectivity index (χ3v) is 3.58. The Kier molecular flexibility index (Phi) is 4.43. The van der Waals surface area contributed by atoms with Gasteiger partial charge in [0.25, 0.3) is 0 Å². The lowest BCUT2D eigenvalue weighted by Crippen LogP contribution is -2.18. The van der Waals surface area contributed by atoms with Crippen molar-refractivity contribution in [2.24, 2.45) is 0 Å². The summed E-state index contributed by atoms with van der Waals surface area (Å²) in [4.78, 5) is 1.30. The molecule has 2 nitrogen and oxygen atoms in total. The van der Waals surface area contributed by atoms with E-state index in [1.54, 1.807) is 11.3 Å². The van der Waals surface area contributed by atoms with Gasteiger partial charge in [0.05, 0.1) is 6.07 Å². The minimum atomic E-state index is 0.338. The Morgan fingerprint density at radius 2 is 2.54 bits per heavy atom. The Labute approximate surface area is 90.7 Å². The number of thiophene rings is 1. The van der Waals surface area contributed by atoms with Crippen molar-refractivity contribution in [1.29, 1.82) is 5.26 Å². The number of nitriles is 1. The molecule has 1 heterocycles. The van der Waals surface area contributed by atoms with Crippen LogP contribution in [0.3, 0.4) is 0 Å². The van der Waals surface area contributed by atoms with E-state index in [0.29, 0.717) is 12.5 Å². The number of hydrogen-bond donors (Lipinski definition) is 1. The molecule has 1 rings (SSSR count). The zero-order valence-electron chi connectivity index (χ0n) is 7.38. The maximum atomic E-state index is 8.36. The highest BCUT2D eigenvalue weighted by Gasteiger charge is 2.06. The van der Waals surface area contributed by atoms with Gasteiger partial charge in [-0.2, -0.15) is 5.26 Å². The molecule has 13 heavy (non-hydrogen) atoms. The zero-order valence-corrected chi connectivity index (χ0v) is 9.78. The van der Waals surface area contributed by atoms with Crippen LogP contribution in [-0.4, -0.2) is 6.54 Å². The molecule has 1 N–H and O–H groups in total. The molecule has 0 aromatic carbocycles. The van der Waals surface area contributed by atoms with E-state index in [1.165, 1.54) is 4.88 Å². The van der Waals surface area contributed by atoms with E-state index in [0.717, 1.165) is 11.0 Å². The summed E-state index contributed by atoms with van der Waals surface area (Å²) in [5.41, 5.74) is 0. The summed E-state index contributed by atoms with van der Waals surface area (Å²) >= 11 is 5.14. The molecule has 0 fully saturated rings. The van der Waals surface area contributed by atoms with Gasteiger partial charge >= 0.3 is 0 Å². The zero-order chi connectivity index (χ0) is 9.68. The second kappa shape index (κ2) is 5.38. The molecule has 0 aliphatic heterocycles. The minimum absolute atomic E-state index is 0.338. The van der Waals surface area contributed by atoms with Crippen molar-refractivity contribution in [2.75, 3.05) is 6.54 Å². The Hall–Kier alpha value is -0.370. The van der Waals surface area contributed by atoms with Crippen molar-refractivity contribution in [2.45, 2.75) is 19.4 Å². The normalized spacial score (nSPS) is 12.4. The topological polar surface area (TPSA) is 35.8 Å². The first-order valence-corrected chi connectivity index (χ1v) is 5.75. The molecule has 1 atom stereocenters. The molecule has 1 unspecified atom stereocenters. The summed E-state index contributed by atoms with van der Waals surface area (Å²) in [5.74, 6) is 0. The van der Waals surface area contributed by atoms with Crippen LogP contribution in [0.15, 0.2) is 15.9 Å². The Morgan fingerprint density at radius 3 is 3.08 bits per heavy atom. The maximum absolute atomic E-state index is 8.36. The first-order chi connectivity index (χ1) is 6.24. The van der Waals surface area contributed by atoms with Gasteiger partial charge < -0.3 is 5.32 Å². The minimum Gasteiger partial charge on any atom is -0.308 e. The highest BCUT2D eigenvalue weighted by atomic mass is 79.9. The van der Waals surface area contributed by atoms with E-state index in [2.05, 4.69) is 45.7 Å². The summed E-state index contributed by atoms with van der Waals surface area (Å²) in [6, 6.07) is 4.55. The van der Waals surface area contributed by atoms with E-state index in [4.69, 9.17) is 5.26 Å². The SMILES string of the molecule is CC(NCCC#N)c1cc(Br)cs1. The molecule has 4 heteroatoms. The van der Waals surface area contributed by atoms with Crippen molar-refractivity contribution in [1.82, 2.24) is 5.32 Å². The summed E-state index contributed by atoms with van der Waals surface area (Å²) < 4.78 is 1.13. The summed E-state index contributed by atoms with van der Waals surface area (Å²) in [6.45, 7) is 2.86. The lowest BCUT2D eigenvalue weighted by molar-refractivity contribution is 0.591. The fraction of sp³-hybridized carbons (Fsp3) is 0.444. The van der Waals surface area contributed by atoms with Gasteiger partial charge in [-0.25, -0.2) is 0 Å². The molecule has 70 valence electrons. The van der Waals surface area contributed by atoms with Crippen molar-refractivity contribution in [3.63, 3.8) is 0 Å². The van der Waals surface area contributed by atoms with Gasteiger partial charge in [0.2, 0.25) is 0 Å². The van der Waals surface area contributed by atoms with Gasteiger partial charge in [0.1, 0.15) is 0 Å². The van der Waals surface area contributed by atoms with Crippen LogP contribution in [0.2, 0.25) is 0 Å². The molecule has 0 amide bonds. The molecule has 1 aromatic rings. The van der Waals surface area contributed by atoms with Crippen molar-refractivity contribution < 1.29 is 0 Å². The number of halogens is 1. The van der Waals surface area contributed by atoms with Gasteiger partial charge in [-0.05, 0) is 28.9 Å². The molecule has 0 radical (unpaired) electrons. The molecular formula is C9H11BrN2S. The van der Waals surface area contributed by atoms with Crippen LogP contribution in [0.5, 0.6) is 0 Å².